The topological polar surface area (TPSA) is 37.3 Å². The van der Waals surface area contributed by atoms with Crippen LogP contribution < -0.4 is 0 Å². The number of hydrogen-bond acceptors (Lipinski definition) is 3. The molecule has 188 valence electrons. The van der Waals surface area contributed by atoms with E-state index >= 15 is 0 Å². The second-order valence-electron chi connectivity index (χ2n) is 9.02. The van der Waals surface area contributed by atoms with Crippen molar-refractivity contribution in [2.45, 2.75) is 155 Å². The zero-order valence-electron chi connectivity index (χ0n) is 20.9. The third kappa shape index (κ3) is 37.8. The fourth-order valence-corrected chi connectivity index (χ4v) is 4.20. The van der Waals surface area contributed by atoms with Crippen LogP contribution in [-0.4, -0.2) is 22.6 Å². The third-order valence-corrected chi connectivity index (χ3v) is 6.44. The molecule has 0 aromatic rings. The normalized spacial score (nSPS) is 10.7. The number of rotatable bonds is 24. The van der Waals surface area contributed by atoms with E-state index in [1.807, 2.05) is 0 Å². The Balaban J connectivity index is 0. The summed E-state index contributed by atoms with van der Waals surface area (Å²) in [7, 11) is 0. The first-order chi connectivity index (χ1) is 15.2. The molecule has 0 spiro atoms. The van der Waals surface area contributed by atoms with Gasteiger partial charge in [0.1, 0.15) is 0 Å². The van der Waals surface area contributed by atoms with Gasteiger partial charge in [-0.2, -0.15) is 25.3 Å². The molecule has 0 aromatic heterocycles. The van der Waals surface area contributed by atoms with Gasteiger partial charge in [0, 0.05) is 6.42 Å². The minimum Gasteiger partial charge on any atom is -0.481 e. The molecule has 0 amide bonds. The van der Waals surface area contributed by atoms with Gasteiger partial charge in [-0.05, 0) is 30.8 Å². The molecule has 0 aromatic carbocycles. The van der Waals surface area contributed by atoms with E-state index in [-0.39, 0.29) is 0 Å². The van der Waals surface area contributed by atoms with Gasteiger partial charge in [0.05, 0.1) is 0 Å². The van der Waals surface area contributed by atoms with Crippen molar-refractivity contribution in [2.75, 3.05) is 11.5 Å². The molecule has 0 aliphatic heterocycles. The number of hydrogen-bond donors (Lipinski definition) is 3. The molecule has 0 unspecified atom stereocenters. The van der Waals surface area contributed by atoms with Gasteiger partial charge in [-0.3, -0.25) is 4.79 Å². The molecule has 1 N–H and O–H groups in total. The van der Waals surface area contributed by atoms with Crippen LogP contribution in [0.15, 0.2) is 0 Å². The van der Waals surface area contributed by atoms with E-state index < -0.39 is 5.97 Å². The first kappa shape index (κ1) is 33.3. The van der Waals surface area contributed by atoms with Gasteiger partial charge in [0.15, 0.2) is 0 Å². The number of carboxylic acid groups (broad SMARTS) is 1. The maximum Gasteiger partial charge on any atom is 0.303 e. The van der Waals surface area contributed by atoms with Gasteiger partial charge in [0.25, 0.3) is 0 Å². The molecule has 4 heteroatoms. The molecule has 0 radical (unpaired) electrons. The molecule has 0 fully saturated rings. The van der Waals surface area contributed by atoms with Crippen LogP contribution in [-0.2, 0) is 4.79 Å². The van der Waals surface area contributed by atoms with Crippen LogP contribution in [0.1, 0.15) is 155 Å². The van der Waals surface area contributed by atoms with Crippen LogP contribution in [0.25, 0.3) is 0 Å². The summed E-state index contributed by atoms with van der Waals surface area (Å²) in [6.07, 6.45) is 29.7. The van der Waals surface area contributed by atoms with Crippen molar-refractivity contribution in [3.8, 4) is 0 Å². The van der Waals surface area contributed by atoms with Crippen LogP contribution in [0.2, 0.25) is 0 Å². The average Bonchev–Trinajstić information content (AvgIpc) is 2.76. The van der Waals surface area contributed by atoms with Gasteiger partial charge in [0.2, 0.25) is 0 Å². The van der Waals surface area contributed by atoms with Gasteiger partial charge in [-0.1, -0.05) is 129 Å². The lowest BCUT2D eigenvalue weighted by Crippen LogP contribution is -1.93. The molecule has 31 heavy (non-hydrogen) atoms. The predicted octanol–water partition coefficient (Wildman–Crippen LogP) is 9.91. The molecule has 0 saturated carbocycles. The monoisotopic (exact) mass is 476 g/mol. The summed E-state index contributed by atoms with van der Waals surface area (Å²) in [5.74, 6) is 1.44. The van der Waals surface area contributed by atoms with Crippen LogP contribution in [0, 0.1) is 0 Å². The Hall–Kier alpha value is 0.170. The van der Waals surface area contributed by atoms with Crippen molar-refractivity contribution in [2.24, 2.45) is 0 Å². The van der Waals surface area contributed by atoms with Crippen molar-refractivity contribution < 1.29 is 9.90 Å². The Kier molecular flexibility index (Phi) is 34.8. The summed E-state index contributed by atoms with van der Waals surface area (Å²) in [6.45, 7) is 2.27. The van der Waals surface area contributed by atoms with E-state index in [1.165, 1.54) is 128 Å². The van der Waals surface area contributed by atoms with E-state index in [0.717, 1.165) is 24.3 Å². The molecule has 0 saturated heterocycles. The Bertz CT molecular complexity index is 314. The Morgan fingerprint density at radius 3 is 1.00 bits per heavy atom. The van der Waals surface area contributed by atoms with Crippen LogP contribution in [0.5, 0.6) is 0 Å². The number of aliphatic carboxylic acids is 1. The standard InChI is InChI=1S/C16H32O2S.C11H24S/c17-16(18)14-12-10-8-6-4-2-1-3-5-7-9-11-13-15-19;1-2-3-4-5-6-7-8-9-10-11-12/h19H,1-15H2,(H,17,18);12H,2-11H2,1H3. The lowest BCUT2D eigenvalue weighted by atomic mass is 10.0. The molecule has 0 heterocycles. The lowest BCUT2D eigenvalue weighted by molar-refractivity contribution is -0.137. The maximum absolute atomic E-state index is 10.3. The summed E-state index contributed by atoms with van der Waals surface area (Å²) in [5.41, 5.74) is 0. The van der Waals surface area contributed by atoms with Crippen LogP contribution >= 0.6 is 25.3 Å². The van der Waals surface area contributed by atoms with Crippen LogP contribution in [0.3, 0.4) is 0 Å². The molecular formula is C27H56O2S2. The fraction of sp³-hybridized carbons (Fsp3) is 0.963. The van der Waals surface area contributed by atoms with Crippen molar-refractivity contribution >= 4 is 31.2 Å². The first-order valence-electron chi connectivity index (χ1n) is 13.6. The van der Waals surface area contributed by atoms with Crippen molar-refractivity contribution in [3.63, 3.8) is 0 Å². The molecular weight excluding hydrogens is 420 g/mol. The molecule has 0 rings (SSSR count). The highest BCUT2D eigenvalue weighted by Crippen LogP contribution is 2.13. The maximum atomic E-state index is 10.3. The Labute approximate surface area is 206 Å². The molecule has 0 aliphatic carbocycles. The van der Waals surface area contributed by atoms with Crippen molar-refractivity contribution in [1.29, 1.82) is 0 Å². The van der Waals surface area contributed by atoms with Crippen LogP contribution in [0.4, 0.5) is 0 Å². The highest BCUT2D eigenvalue weighted by atomic mass is 32.1. The summed E-state index contributed by atoms with van der Waals surface area (Å²) < 4.78 is 0. The largest absolute Gasteiger partial charge is 0.481 e. The van der Waals surface area contributed by atoms with Gasteiger partial charge >= 0.3 is 5.97 Å². The van der Waals surface area contributed by atoms with E-state index in [4.69, 9.17) is 5.11 Å². The Morgan fingerprint density at radius 2 is 0.742 bits per heavy atom. The number of carboxylic acids is 1. The zero-order chi connectivity index (χ0) is 23.3. The summed E-state index contributed by atoms with van der Waals surface area (Å²) >= 11 is 8.41. The average molecular weight is 477 g/mol. The summed E-state index contributed by atoms with van der Waals surface area (Å²) in [5, 5.41) is 8.50. The lowest BCUT2D eigenvalue weighted by Gasteiger charge is -2.02. The molecule has 2 nitrogen and oxygen atoms in total. The highest BCUT2D eigenvalue weighted by Gasteiger charge is 1.97. The molecule has 0 bridgehead atoms. The van der Waals surface area contributed by atoms with Crippen molar-refractivity contribution in [1.82, 2.24) is 0 Å². The van der Waals surface area contributed by atoms with Gasteiger partial charge in [-0.25, -0.2) is 0 Å². The number of carbonyl (C=O) groups is 1. The summed E-state index contributed by atoms with van der Waals surface area (Å²) in [4.78, 5) is 10.3. The number of unbranched alkanes of at least 4 members (excludes halogenated alkanes) is 20. The Morgan fingerprint density at radius 1 is 0.484 bits per heavy atom. The second-order valence-corrected chi connectivity index (χ2v) is 9.91. The van der Waals surface area contributed by atoms with Gasteiger partial charge < -0.3 is 5.11 Å². The smallest absolute Gasteiger partial charge is 0.303 e. The third-order valence-electron chi connectivity index (χ3n) is 5.81. The SMILES string of the molecule is CCCCCCCCCCCS.O=C(O)CCCCCCCCCCCCCCCS. The number of thiol groups is 2. The fourth-order valence-electron chi connectivity index (χ4n) is 3.76. The zero-order valence-corrected chi connectivity index (χ0v) is 22.7. The van der Waals surface area contributed by atoms with E-state index in [2.05, 4.69) is 32.2 Å². The van der Waals surface area contributed by atoms with Gasteiger partial charge in [-0.15, -0.1) is 0 Å². The summed E-state index contributed by atoms with van der Waals surface area (Å²) in [6, 6.07) is 0. The predicted molar refractivity (Wildman–Crippen MR) is 147 cm³/mol. The first-order valence-corrected chi connectivity index (χ1v) is 14.9. The quantitative estimate of drug-likeness (QED) is 0.0957. The molecule has 0 aliphatic rings. The van der Waals surface area contributed by atoms with E-state index in [1.54, 1.807) is 0 Å². The van der Waals surface area contributed by atoms with E-state index in [9.17, 15) is 4.79 Å². The molecule has 0 atom stereocenters. The minimum absolute atomic E-state index is 0.340. The second kappa shape index (κ2) is 32.4. The minimum atomic E-state index is -0.658. The highest BCUT2D eigenvalue weighted by molar-refractivity contribution is 7.80. The van der Waals surface area contributed by atoms with Crippen molar-refractivity contribution in [3.05, 3.63) is 0 Å². The van der Waals surface area contributed by atoms with E-state index in [0.29, 0.717) is 6.42 Å².